The average molecular weight is 381 g/mol. The van der Waals surface area contributed by atoms with Crippen LogP contribution in [-0.4, -0.2) is 43.0 Å². The summed E-state index contributed by atoms with van der Waals surface area (Å²) in [4.78, 5) is 38.5. The zero-order valence-corrected chi connectivity index (χ0v) is 16.2. The largest absolute Gasteiger partial charge is 0.385 e. The molecule has 2 aromatic carbocycles. The number of amides is 4. The quantitative estimate of drug-likeness (QED) is 0.591. The SMILES string of the molecule is COCCCN1C(=O)c2ccc(NC(=O)Nc3cccc(C)c3C)cc2C1=O. The Balaban J connectivity index is 1.71. The maximum absolute atomic E-state index is 12.5. The molecule has 0 saturated heterocycles. The lowest BCUT2D eigenvalue weighted by molar-refractivity contribution is 0.0638. The number of imide groups is 1. The summed E-state index contributed by atoms with van der Waals surface area (Å²) in [6, 6.07) is 9.97. The summed E-state index contributed by atoms with van der Waals surface area (Å²) in [5.41, 5.74) is 3.87. The van der Waals surface area contributed by atoms with Crippen molar-refractivity contribution >= 4 is 29.2 Å². The summed E-state index contributed by atoms with van der Waals surface area (Å²) >= 11 is 0. The van der Waals surface area contributed by atoms with Gasteiger partial charge in [-0.1, -0.05) is 12.1 Å². The van der Waals surface area contributed by atoms with Crippen molar-refractivity contribution in [3.05, 3.63) is 58.7 Å². The Morgan fingerprint density at radius 3 is 2.54 bits per heavy atom. The van der Waals surface area contributed by atoms with Crippen molar-refractivity contribution in [1.29, 1.82) is 0 Å². The van der Waals surface area contributed by atoms with Gasteiger partial charge in [0.1, 0.15) is 0 Å². The van der Waals surface area contributed by atoms with Gasteiger partial charge in [-0.25, -0.2) is 4.79 Å². The summed E-state index contributed by atoms with van der Waals surface area (Å²) in [6.45, 7) is 4.68. The van der Waals surface area contributed by atoms with Gasteiger partial charge in [0.05, 0.1) is 11.1 Å². The molecule has 3 rings (SSSR count). The van der Waals surface area contributed by atoms with Crippen LogP contribution in [0.5, 0.6) is 0 Å². The van der Waals surface area contributed by atoms with Crippen LogP contribution in [0.1, 0.15) is 38.3 Å². The van der Waals surface area contributed by atoms with Gasteiger partial charge >= 0.3 is 6.03 Å². The number of ether oxygens (including phenoxy) is 1. The highest BCUT2D eigenvalue weighted by Gasteiger charge is 2.35. The lowest BCUT2D eigenvalue weighted by Crippen LogP contribution is -2.31. The van der Waals surface area contributed by atoms with E-state index in [0.717, 1.165) is 11.1 Å². The first-order chi connectivity index (χ1) is 13.4. The molecule has 0 unspecified atom stereocenters. The average Bonchev–Trinajstić information content (AvgIpc) is 2.90. The minimum atomic E-state index is -0.414. The van der Waals surface area contributed by atoms with Gasteiger partial charge in [-0.3, -0.25) is 14.5 Å². The van der Waals surface area contributed by atoms with Gasteiger partial charge in [0.15, 0.2) is 0 Å². The van der Waals surface area contributed by atoms with Crippen molar-refractivity contribution < 1.29 is 19.1 Å². The third-order valence-electron chi connectivity index (χ3n) is 4.81. The van der Waals surface area contributed by atoms with Gasteiger partial charge in [-0.2, -0.15) is 0 Å². The first-order valence-corrected chi connectivity index (χ1v) is 9.05. The molecule has 1 heterocycles. The Morgan fingerprint density at radius 1 is 1.04 bits per heavy atom. The highest BCUT2D eigenvalue weighted by Crippen LogP contribution is 2.26. The van der Waals surface area contributed by atoms with Crippen molar-refractivity contribution in [2.45, 2.75) is 20.3 Å². The number of rotatable bonds is 6. The summed E-state index contributed by atoms with van der Waals surface area (Å²) in [5, 5.41) is 5.52. The van der Waals surface area contributed by atoms with Gasteiger partial charge in [-0.05, 0) is 55.7 Å². The molecule has 2 N–H and O–H groups in total. The first kappa shape index (κ1) is 19.6. The van der Waals surface area contributed by atoms with E-state index in [1.165, 1.54) is 11.0 Å². The van der Waals surface area contributed by atoms with E-state index in [1.807, 2.05) is 32.0 Å². The van der Waals surface area contributed by atoms with E-state index < -0.39 is 6.03 Å². The van der Waals surface area contributed by atoms with E-state index in [-0.39, 0.29) is 11.8 Å². The van der Waals surface area contributed by atoms with Crippen LogP contribution in [0.2, 0.25) is 0 Å². The number of carbonyl (C=O) groups is 3. The van der Waals surface area contributed by atoms with Crippen LogP contribution >= 0.6 is 0 Å². The number of hydrogen-bond acceptors (Lipinski definition) is 4. The van der Waals surface area contributed by atoms with Gasteiger partial charge < -0.3 is 15.4 Å². The predicted octanol–water partition coefficient (Wildman–Crippen LogP) is 3.58. The van der Waals surface area contributed by atoms with Crippen LogP contribution in [0.4, 0.5) is 16.2 Å². The highest BCUT2D eigenvalue weighted by molar-refractivity contribution is 6.22. The zero-order chi connectivity index (χ0) is 20.3. The molecule has 146 valence electrons. The lowest BCUT2D eigenvalue weighted by atomic mass is 10.1. The molecule has 4 amide bonds. The molecule has 0 aromatic heterocycles. The molecule has 0 aliphatic carbocycles. The number of urea groups is 1. The number of hydrogen-bond donors (Lipinski definition) is 2. The third-order valence-corrected chi connectivity index (χ3v) is 4.81. The maximum atomic E-state index is 12.5. The zero-order valence-electron chi connectivity index (χ0n) is 16.2. The number of anilines is 2. The predicted molar refractivity (Wildman–Crippen MR) is 107 cm³/mol. The molecule has 1 aliphatic rings. The maximum Gasteiger partial charge on any atom is 0.323 e. The van der Waals surface area contributed by atoms with E-state index in [9.17, 15) is 14.4 Å². The molecule has 0 saturated carbocycles. The van der Waals surface area contributed by atoms with E-state index in [1.54, 1.807) is 19.2 Å². The van der Waals surface area contributed by atoms with Gasteiger partial charge in [0.25, 0.3) is 11.8 Å². The van der Waals surface area contributed by atoms with Crippen molar-refractivity contribution in [3.8, 4) is 0 Å². The molecule has 0 spiro atoms. The first-order valence-electron chi connectivity index (χ1n) is 9.05. The smallest absolute Gasteiger partial charge is 0.323 e. The standard InChI is InChI=1S/C21H23N3O4/c1-13-6-4-7-18(14(13)2)23-21(27)22-15-8-9-16-17(12-15)20(26)24(19(16)25)10-5-11-28-3/h4,6-9,12H,5,10-11H2,1-3H3,(H2,22,23,27). The molecule has 2 aromatic rings. The fourth-order valence-corrected chi connectivity index (χ4v) is 3.11. The van der Waals surface area contributed by atoms with E-state index in [2.05, 4.69) is 10.6 Å². The molecular formula is C21H23N3O4. The van der Waals surface area contributed by atoms with Crippen molar-refractivity contribution in [2.24, 2.45) is 0 Å². The Bertz CT molecular complexity index is 939. The molecule has 0 fully saturated rings. The van der Waals surface area contributed by atoms with Crippen LogP contribution < -0.4 is 10.6 Å². The molecule has 7 nitrogen and oxygen atoms in total. The number of nitrogens with one attached hydrogen (secondary N) is 2. The Morgan fingerprint density at radius 2 is 1.79 bits per heavy atom. The summed E-state index contributed by atoms with van der Waals surface area (Å²) in [7, 11) is 1.57. The van der Waals surface area contributed by atoms with Gasteiger partial charge in [0.2, 0.25) is 0 Å². The Hall–Kier alpha value is -3.19. The normalized spacial score (nSPS) is 12.9. The van der Waals surface area contributed by atoms with Gasteiger partial charge in [0, 0.05) is 31.6 Å². The van der Waals surface area contributed by atoms with Crippen LogP contribution in [0.15, 0.2) is 36.4 Å². The Labute approximate surface area is 163 Å². The number of carbonyl (C=O) groups excluding carboxylic acids is 3. The minimum absolute atomic E-state index is 0.298. The second-order valence-corrected chi connectivity index (χ2v) is 6.70. The Kier molecular flexibility index (Phi) is 5.75. The third kappa shape index (κ3) is 3.89. The molecule has 0 radical (unpaired) electrons. The van der Waals surface area contributed by atoms with Crippen molar-refractivity contribution in [1.82, 2.24) is 4.90 Å². The molecule has 0 atom stereocenters. The number of benzene rings is 2. The molecule has 28 heavy (non-hydrogen) atoms. The number of fused-ring (bicyclic) bond motifs is 1. The topological polar surface area (TPSA) is 87.7 Å². The van der Waals surface area contributed by atoms with Crippen LogP contribution in [0.3, 0.4) is 0 Å². The minimum Gasteiger partial charge on any atom is -0.385 e. The summed E-state index contributed by atoms with van der Waals surface area (Å²) < 4.78 is 4.97. The second kappa shape index (κ2) is 8.22. The number of methoxy groups -OCH3 is 1. The molecule has 7 heteroatoms. The summed E-state index contributed by atoms with van der Waals surface area (Å²) in [6.07, 6.45) is 0.575. The van der Waals surface area contributed by atoms with E-state index in [0.29, 0.717) is 42.1 Å². The van der Waals surface area contributed by atoms with Crippen molar-refractivity contribution in [2.75, 3.05) is 30.9 Å². The number of aryl methyl sites for hydroxylation is 1. The van der Waals surface area contributed by atoms with Crippen LogP contribution in [-0.2, 0) is 4.74 Å². The monoisotopic (exact) mass is 381 g/mol. The lowest BCUT2D eigenvalue weighted by Gasteiger charge is -2.12. The molecule has 0 bridgehead atoms. The van der Waals surface area contributed by atoms with E-state index >= 15 is 0 Å². The fraction of sp³-hybridized carbons (Fsp3) is 0.286. The molecular weight excluding hydrogens is 358 g/mol. The highest BCUT2D eigenvalue weighted by atomic mass is 16.5. The van der Waals surface area contributed by atoms with Crippen LogP contribution in [0.25, 0.3) is 0 Å². The fourth-order valence-electron chi connectivity index (χ4n) is 3.11. The number of nitrogens with zero attached hydrogens (tertiary/aromatic N) is 1. The summed E-state index contributed by atoms with van der Waals surface area (Å²) in [5.74, 6) is -0.669. The second-order valence-electron chi connectivity index (χ2n) is 6.70. The van der Waals surface area contributed by atoms with Crippen molar-refractivity contribution in [3.63, 3.8) is 0 Å². The van der Waals surface area contributed by atoms with E-state index in [4.69, 9.17) is 4.74 Å². The molecule has 1 aliphatic heterocycles. The van der Waals surface area contributed by atoms with Gasteiger partial charge in [-0.15, -0.1) is 0 Å². The van der Waals surface area contributed by atoms with Crippen LogP contribution in [0, 0.1) is 13.8 Å².